The molecule has 0 aromatic heterocycles. The molecule has 0 amide bonds. The predicted molar refractivity (Wildman–Crippen MR) is 57.7 cm³/mol. The van der Waals surface area contributed by atoms with Crippen LogP contribution in [0.15, 0.2) is 65.1 Å². The molecule has 2 nitrogen and oxygen atoms in total. The van der Waals surface area contributed by atoms with Crippen molar-refractivity contribution in [3.05, 3.63) is 60.1 Å². The Morgan fingerprint density at radius 1 is 1.14 bits per heavy atom. The quantitative estimate of drug-likeness (QED) is 0.560. The first-order valence-electron chi connectivity index (χ1n) is 4.70. The summed E-state index contributed by atoms with van der Waals surface area (Å²) in [6.07, 6.45) is 18.5. The van der Waals surface area contributed by atoms with E-state index < -0.39 is 0 Å². The van der Waals surface area contributed by atoms with E-state index in [-0.39, 0.29) is 6.04 Å². The first-order chi connectivity index (χ1) is 6.93. The number of nitrogens with zero attached hydrogens (tertiary/aromatic N) is 2. The Hall–Kier alpha value is -1.83. The topological polar surface area (TPSA) is 15.6 Å². The van der Waals surface area contributed by atoms with Crippen LogP contribution >= 0.6 is 0 Å². The minimum absolute atomic E-state index is 0.211. The summed E-state index contributed by atoms with van der Waals surface area (Å²) in [5.74, 6) is 0. The highest BCUT2D eigenvalue weighted by atomic mass is 15.1. The molecule has 14 heavy (non-hydrogen) atoms. The summed E-state index contributed by atoms with van der Waals surface area (Å²) in [5.41, 5.74) is 2.45. The van der Waals surface area contributed by atoms with Crippen LogP contribution in [0.25, 0.3) is 0 Å². The van der Waals surface area contributed by atoms with Gasteiger partial charge in [-0.05, 0) is 29.9 Å². The zero-order valence-corrected chi connectivity index (χ0v) is 7.67. The Kier molecular flexibility index (Phi) is 1.53. The first kappa shape index (κ1) is 7.56. The summed E-state index contributed by atoms with van der Waals surface area (Å²) in [6.45, 7) is 0. The van der Waals surface area contributed by atoms with Crippen molar-refractivity contribution in [2.24, 2.45) is 4.99 Å². The molecule has 0 aliphatic carbocycles. The monoisotopic (exact) mass is 182 g/mol. The lowest BCUT2D eigenvalue weighted by Gasteiger charge is -2.28. The van der Waals surface area contributed by atoms with Crippen LogP contribution in [0.4, 0.5) is 0 Å². The molecule has 0 saturated heterocycles. The van der Waals surface area contributed by atoms with E-state index in [2.05, 4.69) is 40.5 Å². The van der Waals surface area contributed by atoms with Gasteiger partial charge in [0, 0.05) is 24.3 Å². The molecule has 3 aliphatic rings. The van der Waals surface area contributed by atoms with Crippen molar-refractivity contribution in [1.29, 1.82) is 0 Å². The van der Waals surface area contributed by atoms with Gasteiger partial charge in [-0.3, -0.25) is 4.99 Å². The minimum atomic E-state index is 0.211. The summed E-state index contributed by atoms with van der Waals surface area (Å²) in [5, 5.41) is 0. The molecule has 68 valence electrons. The molecule has 0 saturated carbocycles. The maximum atomic E-state index is 4.40. The van der Waals surface area contributed by atoms with Crippen LogP contribution in [0.1, 0.15) is 0 Å². The van der Waals surface area contributed by atoms with Gasteiger partial charge in [0.1, 0.15) is 0 Å². The molecule has 0 aromatic carbocycles. The molecule has 0 aromatic rings. The van der Waals surface area contributed by atoms with Gasteiger partial charge in [0.15, 0.2) is 0 Å². The van der Waals surface area contributed by atoms with Crippen LogP contribution in [0.3, 0.4) is 0 Å². The third-order valence-electron chi connectivity index (χ3n) is 2.50. The summed E-state index contributed by atoms with van der Waals surface area (Å²) >= 11 is 0. The predicted octanol–water partition coefficient (Wildman–Crippen LogP) is 2.16. The van der Waals surface area contributed by atoms with Crippen LogP contribution in [-0.4, -0.2) is 17.2 Å². The van der Waals surface area contributed by atoms with Crippen LogP contribution < -0.4 is 0 Å². The van der Waals surface area contributed by atoms with Gasteiger partial charge in [-0.1, -0.05) is 12.2 Å². The maximum Gasteiger partial charge on any atom is 0.0967 e. The Labute approximate surface area is 82.9 Å². The molecule has 3 heterocycles. The molecule has 3 rings (SSSR count). The van der Waals surface area contributed by atoms with Crippen molar-refractivity contribution in [1.82, 2.24) is 4.90 Å². The maximum absolute atomic E-state index is 4.40. The van der Waals surface area contributed by atoms with E-state index in [0.29, 0.717) is 0 Å². The van der Waals surface area contributed by atoms with Crippen molar-refractivity contribution in [2.75, 3.05) is 0 Å². The van der Waals surface area contributed by atoms with Gasteiger partial charge in [0.05, 0.1) is 6.04 Å². The third-order valence-corrected chi connectivity index (χ3v) is 2.50. The van der Waals surface area contributed by atoms with Gasteiger partial charge < -0.3 is 4.90 Å². The van der Waals surface area contributed by atoms with E-state index in [9.17, 15) is 0 Å². The first-order valence-corrected chi connectivity index (χ1v) is 4.70. The van der Waals surface area contributed by atoms with E-state index in [1.807, 2.05) is 24.4 Å². The van der Waals surface area contributed by atoms with E-state index in [1.165, 1.54) is 11.3 Å². The standard InChI is InChI=1S/C12H10N2/c1-2-7-14-9-10-4-3-6-13-12(10)8-11(14)5-1/h1-9,12H. The van der Waals surface area contributed by atoms with E-state index >= 15 is 0 Å². The van der Waals surface area contributed by atoms with Gasteiger partial charge >= 0.3 is 0 Å². The lowest BCUT2D eigenvalue weighted by Crippen LogP contribution is -2.21. The molecule has 2 heteroatoms. The fourth-order valence-electron chi connectivity index (χ4n) is 1.79. The lowest BCUT2D eigenvalue weighted by atomic mass is 10.0. The lowest BCUT2D eigenvalue weighted by molar-refractivity contribution is 0.611. The number of fused-ring (bicyclic) bond motifs is 2. The molecule has 0 N–H and O–H groups in total. The highest BCUT2D eigenvalue weighted by Crippen LogP contribution is 2.26. The van der Waals surface area contributed by atoms with Crippen molar-refractivity contribution >= 4 is 6.21 Å². The zero-order valence-electron chi connectivity index (χ0n) is 7.67. The van der Waals surface area contributed by atoms with Crippen LogP contribution in [0.2, 0.25) is 0 Å². The van der Waals surface area contributed by atoms with Gasteiger partial charge in [0.2, 0.25) is 0 Å². The Bertz CT molecular complexity index is 391. The van der Waals surface area contributed by atoms with Crippen molar-refractivity contribution < 1.29 is 0 Å². The number of aliphatic imine (C=N–C) groups is 1. The second-order valence-electron chi connectivity index (χ2n) is 3.43. The normalized spacial score (nSPS) is 26.9. The van der Waals surface area contributed by atoms with E-state index in [1.54, 1.807) is 0 Å². The average Bonchev–Trinajstić information content (AvgIpc) is 2.26. The highest BCUT2D eigenvalue weighted by molar-refractivity contribution is 5.75. The van der Waals surface area contributed by atoms with Crippen LogP contribution in [0.5, 0.6) is 0 Å². The van der Waals surface area contributed by atoms with Gasteiger partial charge in [-0.2, -0.15) is 0 Å². The van der Waals surface area contributed by atoms with Crippen LogP contribution in [0, 0.1) is 0 Å². The minimum Gasteiger partial charge on any atom is -0.324 e. The van der Waals surface area contributed by atoms with E-state index in [4.69, 9.17) is 0 Å². The molecule has 0 bridgehead atoms. The summed E-state index contributed by atoms with van der Waals surface area (Å²) < 4.78 is 0. The Morgan fingerprint density at radius 3 is 3.14 bits per heavy atom. The summed E-state index contributed by atoms with van der Waals surface area (Å²) in [7, 11) is 0. The molecule has 1 unspecified atom stereocenters. The molecule has 0 fully saturated rings. The Balaban J connectivity index is 2.04. The van der Waals surface area contributed by atoms with Crippen molar-refractivity contribution in [3.63, 3.8) is 0 Å². The number of hydrogen-bond donors (Lipinski definition) is 0. The SMILES string of the molecule is C1=CC2=CN3C=CC=CC3=CC2N=C1. The number of rotatable bonds is 0. The third kappa shape index (κ3) is 1.08. The average molecular weight is 182 g/mol. The molecule has 3 aliphatic heterocycles. The van der Waals surface area contributed by atoms with Crippen molar-refractivity contribution in [3.8, 4) is 0 Å². The van der Waals surface area contributed by atoms with Gasteiger partial charge in [-0.25, -0.2) is 0 Å². The molecular weight excluding hydrogens is 172 g/mol. The molecule has 0 radical (unpaired) electrons. The number of hydrogen-bond acceptors (Lipinski definition) is 2. The zero-order chi connectivity index (χ0) is 9.38. The van der Waals surface area contributed by atoms with Gasteiger partial charge in [-0.15, -0.1) is 0 Å². The van der Waals surface area contributed by atoms with Gasteiger partial charge in [0.25, 0.3) is 0 Å². The fraction of sp³-hybridized carbons (Fsp3) is 0.0833. The van der Waals surface area contributed by atoms with Crippen LogP contribution in [-0.2, 0) is 0 Å². The number of dihydropyridines is 1. The smallest absolute Gasteiger partial charge is 0.0967 e. The van der Waals surface area contributed by atoms with Crippen molar-refractivity contribution in [2.45, 2.75) is 6.04 Å². The largest absolute Gasteiger partial charge is 0.324 e. The second-order valence-corrected chi connectivity index (χ2v) is 3.43. The molecule has 1 atom stereocenters. The molecular formula is C12H10N2. The molecule has 0 spiro atoms. The Morgan fingerprint density at radius 2 is 2.14 bits per heavy atom. The second kappa shape index (κ2) is 2.84. The van der Waals surface area contributed by atoms with E-state index in [0.717, 1.165) is 0 Å². The summed E-state index contributed by atoms with van der Waals surface area (Å²) in [6, 6.07) is 0.211. The number of allylic oxidation sites excluding steroid dienone is 4. The summed E-state index contributed by atoms with van der Waals surface area (Å²) in [4.78, 5) is 6.52. The fourth-order valence-corrected chi connectivity index (χ4v) is 1.79. The highest BCUT2D eigenvalue weighted by Gasteiger charge is 2.18.